The van der Waals surface area contributed by atoms with Gasteiger partial charge in [-0.3, -0.25) is 9.59 Å². The van der Waals surface area contributed by atoms with E-state index in [0.29, 0.717) is 12.1 Å². The summed E-state index contributed by atoms with van der Waals surface area (Å²) in [6.45, 7) is 2.42. The van der Waals surface area contributed by atoms with Crippen LogP contribution in [0.4, 0.5) is 0 Å². The molecule has 218 valence electrons. The predicted octanol–water partition coefficient (Wildman–Crippen LogP) is 1.10. The summed E-state index contributed by atoms with van der Waals surface area (Å²) >= 11 is 0. The van der Waals surface area contributed by atoms with Crippen molar-refractivity contribution in [3.63, 3.8) is 0 Å². The largest absolute Gasteiger partial charge is 0.478 e. The first-order chi connectivity index (χ1) is 18.9. The van der Waals surface area contributed by atoms with Gasteiger partial charge in [0.05, 0.1) is 6.26 Å². The molecule has 0 saturated heterocycles. The van der Waals surface area contributed by atoms with E-state index in [1.54, 1.807) is 30.3 Å². The lowest BCUT2D eigenvalue weighted by Crippen LogP contribution is -2.55. The van der Waals surface area contributed by atoms with Crippen molar-refractivity contribution in [1.29, 1.82) is 0 Å². The van der Waals surface area contributed by atoms with Crippen molar-refractivity contribution in [1.82, 2.24) is 15.4 Å². The Balaban J connectivity index is 2.23. The molecular weight excluding hydrogens is 542 g/mol. The zero-order valence-electron chi connectivity index (χ0n) is 22.3. The SMILES string of the molecule is CCCCCNC(=O)[C@H](Cc1ccc(OC(C(=O)O)C(=O)O)cc1)NC(=O)[C@H](Cc1ccccc1)NS(C)(=O)=O. The molecule has 2 atom stereocenters. The topological polar surface area (TPSA) is 188 Å². The van der Waals surface area contributed by atoms with Gasteiger partial charge in [0.2, 0.25) is 21.8 Å². The Kier molecular flexibility index (Phi) is 12.6. The van der Waals surface area contributed by atoms with Crippen LogP contribution < -0.4 is 20.1 Å². The van der Waals surface area contributed by atoms with E-state index >= 15 is 0 Å². The van der Waals surface area contributed by atoms with E-state index in [-0.39, 0.29) is 18.6 Å². The van der Waals surface area contributed by atoms with Crippen molar-refractivity contribution in [3.05, 3.63) is 65.7 Å². The zero-order valence-corrected chi connectivity index (χ0v) is 23.1. The number of carboxylic acids is 2. The normalized spacial score (nSPS) is 12.8. The highest BCUT2D eigenvalue weighted by atomic mass is 32.2. The van der Waals surface area contributed by atoms with Crippen molar-refractivity contribution >= 4 is 33.8 Å². The van der Waals surface area contributed by atoms with Crippen molar-refractivity contribution in [2.75, 3.05) is 12.8 Å². The van der Waals surface area contributed by atoms with Gasteiger partial charge in [-0.05, 0) is 36.1 Å². The monoisotopic (exact) mass is 577 g/mol. The molecule has 0 saturated carbocycles. The molecule has 0 spiro atoms. The maximum Gasteiger partial charge on any atom is 0.356 e. The third-order valence-corrected chi connectivity index (χ3v) is 6.45. The van der Waals surface area contributed by atoms with Crippen LogP contribution in [0.25, 0.3) is 0 Å². The lowest BCUT2D eigenvalue weighted by atomic mass is 10.0. The van der Waals surface area contributed by atoms with Crippen LogP contribution in [0.15, 0.2) is 54.6 Å². The van der Waals surface area contributed by atoms with Crippen molar-refractivity contribution < 1.29 is 42.5 Å². The molecule has 0 aliphatic rings. The van der Waals surface area contributed by atoms with E-state index in [1.165, 1.54) is 24.3 Å². The average molecular weight is 578 g/mol. The summed E-state index contributed by atoms with van der Waals surface area (Å²) in [5, 5.41) is 23.5. The number of amides is 2. The minimum absolute atomic E-state index is 0.0107. The molecule has 0 unspecified atom stereocenters. The summed E-state index contributed by atoms with van der Waals surface area (Å²) < 4.78 is 31.3. The number of carbonyl (C=O) groups is 4. The quantitative estimate of drug-likeness (QED) is 0.135. The molecule has 40 heavy (non-hydrogen) atoms. The second-order valence-corrected chi connectivity index (χ2v) is 11.0. The molecule has 5 N–H and O–H groups in total. The van der Waals surface area contributed by atoms with E-state index in [0.717, 1.165) is 31.1 Å². The van der Waals surface area contributed by atoms with Gasteiger partial charge in [0.1, 0.15) is 17.8 Å². The molecule has 2 amide bonds. The number of carboxylic acid groups (broad SMARTS) is 2. The van der Waals surface area contributed by atoms with Crippen molar-refractivity contribution in [3.8, 4) is 5.75 Å². The molecule has 0 fully saturated rings. The zero-order chi connectivity index (χ0) is 29.7. The van der Waals surface area contributed by atoms with Gasteiger partial charge in [0.15, 0.2) is 0 Å². The molecule has 0 bridgehead atoms. The summed E-state index contributed by atoms with van der Waals surface area (Å²) in [6.07, 6.45) is 1.54. The van der Waals surface area contributed by atoms with Gasteiger partial charge in [-0.2, -0.15) is 0 Å². The number of hydrogen-bond donors (Lipinski definition) is 5. The predicted molar refractivity (Wildman–Crippen MR) is 146 cm³/mol. The molecular formula is C27H35N3O9S. The molecule has 2 rings (SSSR count). The number of nitrogens with one attached hydrogen (secondary N) is 3. The van der Waals surface area contributed by atoms with Crippen LogP contribution in [0.2, 0.25) is 0 Å². The first-order valence-corrected chi connectivity index (χ1v) is 14.6. The molecule has 0 aromatic heterocycles. The van der Waals surface area contributed by atoms with Crippen LogP contribution in [0.3, 0.4) is 0 Å². The lowest BCUT2D eigenvalue weighted by molar-refractivity contribution is -0.159. The van der Waals surface area contributed by atoms with Crippen LogP contribution in [-0.2, 0) is 42.0 Å². The van der Waals surface area contributed by atoms with Gasteiger partial charge in [-0.1, -0.05) is 62.2 Å². The number of sulfonamides is 1. The summed E-state index contributed by atoms with van der Waals surface area (Å²) in [5.41, 5.74) is 1.27. The van der Waals surface area contributed by atoms with Crippen LogP contribution in [0, 0.1) is 0 Å². The van der Waals surface area contributed by atoms with E-state index in [4.69, 9.17) is 14.9 Å². The Labute approximate surface area is 233 Å². The number of aliphatic carboxylic acids is 2. The van der Waals surface area contributed by atoms with Crippen LogP contribution in [-0.4, -0.2) is 73.4 Å². The van der Waals surface area contributed by atoms with Crippen LogP contribution in [0.1, 0.15) is 37.3 Å². The summed E-state index contributed by atoms with van der Waals surface area (Å²) in [4.78, 5) is 48.5. The fourth-order valence-corrected chi connectivity index (χ4v) is 4.48. The maximum atomic E-state index is 13.3. The van der Waals surface area contributed by atoms with Gasteiger partial charge in [0.25, 0.3) is 6.10 Å². The lowest BCUT2D eigenvalue weighted by Gasteiger charge is -2.23. The smallest absolute Gasteiger partial charge is 0.356 e. The molecule has 0 aliphatic carbocycles. The molecule has 0 heterocycles. The molecule has 2 aromatic rings. The van der Waals surface area contributed by atoms with Crippen molar-refractivity contribution in [2.45, 2.75) is 57.2 Å². The molecule has 2 aromatic carbocycles. The Bertz CT molecular complexity index is 1240. The van der Waals surface area contributed by atoms with Gasteiger partial charge in [-0.25, -0.2) is 22.7 Å². The minimum atomic E-state index is -3.76. The number of hydrogen-bond acceptors (Lipinski definition) is 7. The molecule has 0 radical (unpaired) electrons. The minimum Gasteiger partial charge on any atom is -0.478 e. The molecule has 0 aliphatic heterocycles. The Morgan fingerprint density at radius 1 is 0.825 bits per heavy atom. The summed E-state index contributed by atoms with van der Waals surface area (Å²) in [5.74, 6) is -4.48. The standard InChI is InChI=1S/C27H35N3O9S/c1-3-4-8-15-28-24(31)21(16-19-11-13-20(14-12-19)39-23(26(33)34)27(35)36)29-25(32)22(30-40(2,37)38)17-18-9-6-5-7-10-18/h5-7,9-14,21-23,30H,3-4,8,15-17H2,1-2H3,(H,28,31)(H,29,32)(H,33,34)(H,35,36)/t21-,22-/m0/s1. The second-order valence-electron chi connectivity index (χ2n) is 9.21. The highest BCUT2D eigenvalue weighted by Gasteiger charge is 2.29. The van der Waals surface area contributed by atoms with Gasteiger partial charge in [-0.15, -0.1) is 0 Å². The van der Waals surface area contributed by atoms with Gasteiger partial charge < -0.3 is 25.6 Å². The second kappa shape index (κ2) is 15.6. The number of unbranched alkanes of at least 4 members (excludes halogenated alkanes) is 2. The number of carbonyl (C=O) groups excluding carboxylic acids is 2. The highest BCUT2D eigenvalue weighted by molar-refractivity contribution is 7.88. The van der Waals surface area contributed by atoms with Crippen molar-refractivity contribution in [2.24, 2.45) is 0 Å². The summed E-state index contributed by atoms with van der Waals surface area (Å²) in [7, 11) is -3.76. The number of benzene rings is 2. The third-order valence-electron chi connectivity index (χ3n) is 5.73. The van der Waals surface area contributed by atoms with E-state index in [1.807, 2.05) is 6.92 Å². The fourth-order valence-electron chi connectivity index (χ4n) is 3.77. The maximum absolute atomic E-state index is 13.3. The van der Waals surface area contributed by atoms with E-state index < -0.39 is 52.0 Å². The Morgan fingerprint density at radius 3 is 1.95 bits per heavy atom. The first kappa shape index (κ1) is 32.2. The number of rotatable bonds is 17. The first-order valence-electron chi connectivity index (χ1n) is 12.7. The average Bonchev–Trinajstić information content (AvgIpc) is 2.89. The van der Waals surface area contributed by atoms with Gasteiger partial charge >= 0.3 is 11.9 Å². The summed E-state index contributed by atoms with van der Waals surface area (Å²) in [6, 6.07) is 12.3. The Hall–Kier alpha value is -3.97. The molecule has 13 heteroatoms. The highest BCUT2D eigenvalue weighted by Crippen LogP contribution is 2.16. The third kappa shape index (κ3) is 11.4. The van der Waals surface area contributed by atoms with Crippen LogP contribution >= 0.6 is 0 Å². The Morgan fingerprint density at radius 2 is 1.40 bits per heavy atom. The van der Waals surface area contributed by atoms with E-state index in [2.05, 4.69) is 15.4 Å². The molecule has 12 nitrogen and oxygen atoms in total. The fraction of sp³-hybridized carbons (Fsp3) is 0.407. The van der Waals surface area contributed by atoms with Gasteiger partial charge in [0, 0.05) is 13.0 Å². The van der Waals surface area contributed by atoms with E-state index in [9.17, 15) is 27.6 Å². The number of ether oxygens (including phenoxy) is 1. The van der Waals surface area contributed by atoms with Crippen LogP contribution in [0.5, 0.6) is 5.75 Å².